The molecule has 0 aromatic rings. The Bertz CT molecular complexity index is 225. The number of ether oxygens (including phenoxy) is 1. The predicted octanol–water partition coefficient (Wildman–Crippen LogP) is 1.32. The summed E-state index contributed by atoms with van der Waals surface area (Å²) in [7, 11) is 0. The van der Waals surface area contributed by atoms with Gasteiger partial charge in [-0.05, 0) is 0 Å². The van der Waals surface area contributed by atoms with Crippen LogP contribution in [0.4, 0.5) is 0 Å². The molecule has 2 rings (SSSR count). The highest BCUT2D eigenvalue weighted by molar-refractivity contribution is 6.21. The molecule has 1 N–H and O–H groups in total. The average Bonchev–Trinajstić information content (AvgIpc) is 2.46. The van der Waals surface area contributed by atoms with Crippen molar-refractivity contribution in [2.75, 3.05) is 0 Å². The molecular formula is C9H13ClO2. The van der Waals surface area contributed by atoms with Crippen LogP contribution in [0.15, 0.2) is 12.2 Å². The summed E-state index contributed by atoms with van der Waals surface area (Å²) in [6.45, 7) is 3.95. The molecule has 0 amide bonds. The number of hydrogen-bond donors (Lipinski definition) is 1. The van der Waals surface area contributed by atoms with Gasteiger partial charge in [0.25, 0.3) is 0 Å². The molecule has 2 bridgehead atoms. The zero-order valence-corrected chi connectivity index (χ0v) is 7.95. The quantitative estimate of drug-likeness (QED) is 0.459. The molecule has 2 heterocycles. The molecule has 0 unspecified atom stereocenters. The van der Waals surface area contributed by atoms with Crippen molar-refractivity contribution in [1.29, 1.82) is 0 Å². The van der Waals surface area contributed by atoms with Gasteiger partial charge in [-0.1, -0.05) is 26.0 Å². The van der Waals surface area contributed by atoms with Crippen molar-refractivity contribution < 1.29 is 9.84 Å². The van der Waals surface area contributed by atoms with Gasteiger partial charge in [-0.3, -0.25) is 0 Å². The van der Waals surface area contributed by atoms with Crippen LogP contribution in [0, 0.1) is 5.41 Å². The lowest BCUT2D eigenvalue weighted by Gasteiger charge is -2.43. The van der Waals surface area contributed by atoms with Gasteiger partial charge in [0, 0.05) is 5.41 Å². The Kier molecular flexibility index (Phi) is 1.76. The minimum absolute atomic E-state index is 0.0208. The molecule has 68 valence electrons. The fourth-order valence-corrected chi connectivity index (χ4v) is 2.30. The normalized spacial score (nSPS) is 49.7. The van der Waals surface area contributed by atoms with Gasteiger partial charge in [-0.15, -0.1) is 11.6 Å². The van der Waals surface area contributed by atoms with E-state index < -0.39 is 6.10 Å². The first-order chi connectivity index (χ1) is 5.53. The maximum atomic E-state index is 9.83. The molecule has 2 nitrogen and oxygen atoms in total. The molecular weight excluding hydrogens is 176 g/mol. The molecule has 4 atom stereocenters. The zero-order valence-electron chi connectivity index (χ0n) is 7.20. The van der Waals surface area contributed by atoms with E-state index in [-0.39, 0.29) is 23.0 Å². The van der Waals surface area contributed by atoms with Crippen LogP contribution >= 0.6 is 11.6 Å². The van der Waals surface area contributed by atoms with Crippen molar-refractivity contribution in [1.82, 2.24) is 0 Å². The van der Waals surface area contributed by atoms with E-state index in [1.54, 1.807) is 0 Å². The summed E-state index contributed by atoms with van der Waals surface area (Å²) in [5.74, 6) is 0. The summed E-state index contributed by atoms with van der Waals surface area (Å²) in [6.07, 6.45) is 3.38. The third-order valence-electron chi connectivity index (χ3n) is 2.89. The largest absolute Gasteiger partial charge is 0.391 e. The highest BCUT2D eigenvalue weighted by atomic mass is 35.5. The summed E-state index contributed by atoms with van der Waals surface area (Å²) in [5.41, 5.74) is -0.268. The van der Waals surface area contributed by atoms with Crippen molar-refractivity contribution in [3.05, 3.63) is 12.2 Å². The van der Waals surface area contributed by atoms with Gasteiger partial charge in [0.1, 0.15) is 0 Å². The molecule has 0 aliphatic carbocycles. The van der Waals surface area contributed by atoms with E-state index in [0.717, 1.165) is 0 Å². The van der Waals surface area contributed by atoms with E-state index in [9.17, 15) is 5.11 Å². The van der Waals surface area contributed by atoms with E-state index in [4.69, 9.17) is 16.3 Å². The lowest BCUT2D eigenvalue weighted by Crippen LogP contribution is -2.53. The van der Waals surface area contributed by atoms with Crippen LogP contribution in [0.3, 0.4) is 0 Å². The van der Waals surface area contributed by atoms with E-state index in [0.29, 0.717) is 0 Å². The maximum absolute atomic E-state index is 9.83. The van der Waals surface area contributed by atoms with Gasteiger partial charge < -0.3 is 9.84 Å². The number of halogens is 1. The molecule has 0 aromatic heterocycles. The fraction of sp³-hybridized carbons (Fsp3) is 0.778. The second-order valence-corrected chi connectivity index (χ2v) is 4.62. The van der Waals surface area contributed by atoms with E-state index in [2.05, 4.69) is 0 Å². The predicted molar refractivity (Wildman–Crippen MR) is 47.2 cm³/mol. The van der Waals surface area contributed by atoms with Crippen molar-refractivity contribution in [3.8, 4) is 0 Å². The van der Waals surface area contributed by atoms with Crippen LogP contribution in [-0.2, 0) is 4.74 Å². The minimum Gasteiger partial charge on any atom is -0.391 e. The molecule has 1 fully saturated rings. The number of aliphatic hydroxyl groups is 1. The molecule has 0 aromatic carbocycles. The summed E-state index contributed by atoms with van der Waals surface area (Å²) in [4.78, 5) is 0. The average molecular weight is 189 g/mol. The van der Waals surface area contributed by atoms with Crippen molar-refractivity contribution >= 4 is 11.6 Å². The SMILES string of the molecule is CC1(C)[C@H](O)[C@H](Cl)[C@@H]2C=C[C@H]1O2. The van der Waals surface area contributed by atoms with Crippen LogP contribution < -0.4 is 0 Å². The molecule has 12 heavy (non-hydrogen) atoms. The van der Waals surface area contributed by atoms with Crippen LogP contribution in [0.25, 0.3) is 0 Å². The maximum Gasteiger partial charge on any atom is 0.0954 e. The first kappa shape index (κ1) is 8.54. The van der Waals surface area contributed by atoms with Gasteiger partial charge in [-0.25, -0.2) is 0 Å². The minimum atomic E-state index is -0.488. The van der Waals surface area contributed by atoms with Gasteiger partial charge in [-0.2, -0.15) is 0 Å². The van der Waals surface area contributed by atoms with Gasteiger partial charge in [0.15, 0.2) is 0 Å². The molecule has 2 aliphatic heterocycles. The van der Waals surface area contributed by atoms with Gasteiger partial charge >= 0.3 is 0 Å². The monoisotopic (exact) mass is 188 g/mol. The molecule has 3 heteroatoms. The molecule has 0 spiro atoms. The third kappa shape index (κ3) is 0.951. The highest BCUT2D eigenvalue weighted by Crippen LogP contribution is 2.42. The lowest BCUT2D eigenvalue weighted by molar-refractivity contribution is -0.124. The first-order valence-electron chi connectivity index (χ1n) is 4.19. The van der Waals surface area contributed by atoms with Crippen LogP contribution in [0.5, 0.6) is 0 Å². The number of fused-ring (bicyclic) bond motifs is 2. The van der Waals surface area contributed by atoms with Crippen LogP contribution in [0.2, 0.25) is 0 Å². The second kappa shape index (κ2) is 2.47. The Labute approximate surface area is 77.2 Å². The first-order valence-corrected chi connectivity index (χ1v) is 4.63. The smallest absolute Gasteiger partial charge is 0.0954 e. The Hall–Kier alpha value is -0.0500. The number of alkyl halides is 1. The Morgan fingerprint density at radius 3 is 2.75 bits per heavy atom. The van der Waals surface area contributed by atoms with Crippen molar-refractivity contribution in [2.24, 2.45) is 5.41 Å². The molecule has 1 saturated heterocycles. The van der Waals surface area contributed by atoms with E-state index >= 15 is 0 Å². The Balaban J connectivity index is 2.32. The molecule has 0 radical (unpaired) electrons. The van der Waals surface area contributed by atoms with E-state index in [1.807, 2.05) is 26.0 Å². The van der Waals surface area contributed by atoms with Crippen LogP contribution in [0.1, 0.15) is 13.8 Å². The Morgan fingerprint density at radius 2 is 2.08 bits per heavy atom. The number of hydrogen-bond acceptors (Lipinski definition) is 2. The summed E-state index contributed by atoms with van der Waals surface area (Å²) < 4.78 is 5.59. The zero-order chi connectivity index (χ0) is 8.93. The fourth-order valence-electron chi connectivity index (χ4n) is 1.83. The number of aliphatic hydroxyl groups excluding tert-OH is 1. The van der Waals surface area contributed by atoms with Gasteiger partial charge in [0.05, 0.1) is 23.7 Å². The third-order valence-corrected chi connectivity index (χ3v) is 3.38. The van der Waals surface area contributed by atoms with Gasteiger partial charge in [0.2, 0.25) is 0 Å². The lowest BCUT2D eigenvalue weighted by atomic mass is 9.78. The summed E-state index contributed by atoms with van der Waals surface area (Å²) >= 11 is 6.02. The molecule has 0 saturated carbocycles. The van der Waals surface area contributed by atoms with Crippen molar-refractivity contribution in [2.45, 2.75) is 37.5 Å². The summed E-state index contributed by atoms with van der Waals surface area (Å²) in [5, 5.41) is 9.52. The van der Waals surface area contributed by atoms with Crippen molar-refractivity contribution in [3.63, 3.8) is 0 Å². The molecule has 2 aliphatic rings. The Morgan fingerprint density at radius 1 is 1.42 bits per heavy atom. The topological polar surface area (TPSA) is 29.5 Å². The highest BCUT2D eigenvalue weighted by Gasteiger charge is 2.50. The van der Waals surface area contributed by atoms with E-state index in [1.165, 1.54) is 0 Å². The standard InChI is InChI=1S/C9H13ClO2/c1-9(2)6-4-3-5(12-6)7(10)8(9)11/h3-8,11H,1-2H3/t5-,6+,7+,8+/m0/s1. The summed E-state index contributed by atoms with van der Waals surface area (Å²) in [6, 6.07) is 0. The van der Waals surface area contributed by atoms with Crippen LogP contribution in [-0.4, -0.2) is 28.8 Å². The second-order valence-electron chi connectivity index (χ2n) is 4.12. The number of rotatable bonds is 0.